The first-order chi connectivity index (χ1) is 12.0. The Hall–Kier alpha value is -2.47. The second-order valence-electron chi connectivity index (χ2n) is 5.28. The van der Waals surface area contributed by atoms with Gasteiger partial charge in [0.2, 0.25) is 5.91 Å². The number of ether oxygens (including phenoxy) is 1. The summed E-state index contributed by atoms with van der Waals surface area (Å²) in [7, 11) is 1.30. The molecule has 25 heavy (non-hydrogen) atoms. The molecule has 2 aromatic rings. The van der Waals surface area contributed by atoms with Gasteiger partial charge < -0.3 is 10.1 Å². The standard InChI is InChI=1S/C19H17BrFNO3/c1-25-19(24)12-17(14-5-3-6-15(20)11-14)22-18(23)9-8-13-4-2-7-16(21)10-13/h2-11,17H,12H2,1H3,(H,22,23)/b9-8+. The predicted octanol–water partition coefficient (Wildman–Crippen LogP) is 4.02. The van der Waals surface area contributed by atoms with Gasteiger partial charge in [0.05, 0.1) is 19.6 Å². The molecule has 0 fully saturated rings. The van der Waals surface area contributed by atoms with Crippen LogP contribution in [0.3, 0.4) is 0 Å². The van der Waals surface area contributed by atoms with Gasteiger partial charge >= 0.3 is 5.97 Å². The first-order valence-corrected chi connectivity index (χ1v) is 8.33. The molecule has 1 unspecified atom stereocenters. The topological polar surface area (TPSA) is 55.4 Å². The van der Waals surface area contributed by atoms with Crippen molar-refractivity contribution < 1.29 is 18.7 Å². The highest BCUT2D eigenvalue weighted by molar-refractivity contribution is 9.10. The van der Waals surface area contributed by atoms with E-state index >= 15 is 0 Å². The Morgan fingerprint density at radius 2 is 2.00 bits per heavy atom. The van der Waals surface area contributed by atoms with Gasteiger partial charge in [-0.25, -0.2) is 4.39 Å². The Labute approximate surface area is 153 Å². The maximum absolute atomic E-state index is 13.2. The number of methoxy groups -OCH3 is 1. The summed E-state index contributed by atoms with van der Waals surface area (Å²) in [6.45, 7) is 0. The Morgan fingerprint density at radius 1 is 1.24 bits per heavy atom. The van der Waals surface area contributed by atoms with Crippen molar-refractivity contribution in [3.63, 3.8) is 0 Å². The van der Waals surface area contributed by atoms with Gasteiger partial charge in [0.1, 0.15) is 5.82 Å². The van der Waals surface area contributed by atoms with E-state index in [1.807, 2.05) is 24.3 Å². The zero-order chi connectivity index (χ0) is 18.2. The number of nitrogens with one attached hydrogen (secondary N) is 1. The Kier molecular flexibility index (Phi) is 6.89. The van der Waals surface area contributed by atoms with Gasteiger partial charge in [-0.15, -0.1) is 0 Å². The summed E-state index contributed by atoms with van der Waals surface area (Å²) in [6, 6.07) is 12.7. The fraction of sp³-hybridized carbons (Fsp3) is 0.158. The number of benzene rings is 2. The third-order valence-electron chi connectivity index (χ3n) is 3.44. The van der Waals surface area contributed by atoms with Crippen LogP contribution >= 0.6 is 15.9 Å². The van der Waals surface area contributed by atoms with Crippen molar-refractivity contribution >= 4 is 33.9 Å². The molecule has 0 radical (unpaired) electrons. The van der Waals surface area contributed by atoms with Crippen molar-refractivity contribution in [2.24, 2.45) is 0 Å². The molecule has 0 saturated heterocycles. The predicted molar refractivity (Wildman–Crippen MR) is 97.1 cm³/mol. The van der Waals surface area contributed by atoms with Crippen LogP contribution in [0.4, 0.5) is 4.39 Å². The number of hydrogen-bond donors (Lipinski definition) is 1. The van der Waals surface area contributed by atoms with E-state index in [-0.39, 0.29) is 12.2 Å². The van der Waals surface area contributed by atoms with Crippen molar-refractivity contribution in [2.75, 3.05) is 7.11 Å². The van der Waals surface area contributed by atoms with E-state index in [1.165, 1.54) is 31.4 Å². The minimum atomic E-state index is -0.533. The van der Waals surface area contributed by atoms with Gasteiger partial charge in [-0.3, -0.25) is 9.59 Å². The molecule has 0 aliphatic carbocycles. The maximum Gasteiger partial charge on any atom is 0.307 e. The number of esters is 1. The zero-order valence-electron chi connectivity index (χ0n) is 13.5. The van der Waals surface area contributed by atoms with Crippen LogP contribution in [-0.4, -0.2) is 19.0 Å². The minimum Gasteiger partial charge on any atom is -0.469 e. The Bertz CT molecular complexity index is 792. The average molecular weight is 406 g/mol. The number of rotatable bonds is 6. The van der Waals surface area contributed by atoms with Crippen LogP contribution in [0.25, 0.3) is 6.08 Å². The third kappa shape index (κ3) is 6.15. The molecular formula is C19H17BrFNO3. The lowest BCUT2D eigenvalue weighted by Gasteiger charge is -2.17. The summed E-state index contributed by atoms with van der Waals surface area (Å²) in [4.78, 5) is 23.8. The largest absolute Gasteiger partial charge is 0.469 e. The highest BCUT2D eigenvalue weighted by Gasteiger charge is 2.18. The molecule has 0 aliphatic rings. The van der Waals surface area contributed by atoms with E-state index in [0.717, 1.165) is 10.0 Å². The summed E-state index contributed by atoms with van der Waals surface area (Å²) in [5.41, 5.74) is 1.34. The van der Waals surface area contributed by atoms with Gasteiger partial charge in [0.15, 0.2) is 0 Å². The summed E-state index contributed by atoms with van der Waals surface area (Å²) in [6.07, 6.45) is 2.82. The molecule has 2 aromatic carbocycles. The first kappa shape index (κ1) is 18.9. The molecule has 0 aromatic heterocycles. The maximum atomic E-state index is 13.2. The van der Waals surface area contributed by atoms with E-state index in [1.54, 1.807) is 12.1 Å². The minimum absolute atomic E-state index is 0.00645. The summed E-state index contributed by atoms with van der Waals surface area (Å²) in [5, 5.41) is 2.77. The van der Waals surface area contributed by atoms with Crippen LogP contribution in [0.15, 0.2) is 59.1 Å². The van der Waals surface area contributed by atoms with Crippen LogP contribution in [0, 0.1) is 5.82 Å². The lowest BCUT2D eigenvalue weighted by atomic mass is 10.0. The van der Waals surface area contributed by atoms with E-state index in [9.17, 15) is 14.0 Å². The van der Waals surface area contributed by atoms with Crippen molar-refractivity contribution in [2.45, 2.75) is 12.5 Å². The number of amides is 1. The lowest BCUT2D eigenvalue weighted by Crippen LogP contribution is -2.29. The highest BCUT2D eigenvalue weighted by Crippen LogP contribution is 2.21. The molecule has 0 aliphatic heterocycles. The second kappa shape index (κ2) is 9.13. The van der Waals surface area contributed by atoms with Gasteiger partial charge in [0.25, 0.3) is 0 Å². The van der Waals surface area contributed by atoms with Crippen LogP contribution in [-0.2, 0) is 14.3 Å². The molecule has 0 spiro atoms. The summed E-state index contributed by atoms with van der Waals surface area (Å²) in [5.74, 6) is -1.20. The van der Waals surface area contributed by atoms with E-state index < -0.39 is 17.9 Å². The smallest absolute Gasteiger partial charge is 0.307 e. The van der Waals surface area contributed by atoms with Crippen LogP contribution in [0.1, 0.15) is 23.6 Å². The Balaban J connectivity index is 2.12. The van der Waals surface area contributed by atoms with Gasteiger partial charge in [-0.2, -0.15) is 0 Å². The fourth-order valence-electron chi connectivity index (χ4n) is 2.23. The molecule has 0 saturated carbocycles. The number of hydrogen-bond acceptors (Lipinski definition) is 3. The number of carbonyl (C=O) groups is 2. The number of halogens is 2. The second-order valence-corrected chi connectivity index (χ2v) is 6.20. The molecular weight excluding hydrogens is 389 g/mol. The van der Waals surface area contributed by atoms with Crippen molar-refractivity contribution in [1.29, 1.82) is 0 Å². The van der Waals surface area contributed by atoms with Crippen molar-refractivity contribution in [3.05, 3.63) is 76.0 Å². The van der Waals surface area contributed by atoms with Gasteiger partial charge in [0, 0.05) is 10.5 Å². The Morgan fingerprint density at radius 3 is 2.68 bits per heavy atom. The number of carbonyl (C=O) groups excluding carboxylic acids is 2. The third-order valence-corrected chi connectivity index (χ3v) is 3.94. The molecule has 0 bridgehead atoms. The summed E-state index contributed by atoms with van der Waals surface area (Å²) < 4.78 is 18.7. The van der Waals surface area contributed by atoms with Gasteiger partial charge in [-0.05, 0) is 41.5 Å². The average Bonchev–Trinajstić information content (AvgIpc) is 2.59. The normalized spacial score (nSPS) is 12.0. The molecule has 1 atom stereocenters. The fourth-order valence-corrected chi connectivity index (χ4v) is 2.64. The van der Waals surface area contributed by atoms with E-state index in [2.05, 4.69) is 21.2 Å². The molecule has 1 N–H and O–H groups in total. The lowest BCUT2D eigenvalue weighted by molar-refractivity contribution is -0.141. The van der Waals surface area contributed by atoms with Crippen LogP contribution < -0.4 is 5.32 Å². The molecule has 2 rings (SSSR count). The molecule has 130 valence electrons. The monoisotopic (exact) mass is 405 g/mol. The van der Waals surface area contributed by atoms with E-state index in [4.69, 9.17) is 4.74 Å². The molecule has 0 heterocycles. The molecule has 1 amide bonds. The SMILES string of the molecule is COC(=O)CC(NC(=O)/C=C/c1cccc(F)c1)c1cccc(Br)c1. The van der Waals surface area contributed by atoms with Crippen molar-refractivity contribution in [1.82, 2.24) is 5.32 Å². The van der Waals surface area contributed by atoms with Crippen molar-refractivity contribution in [3.8, 4) is 0 Å². The molecule has 4 nitrogen and oxygen atoms in total. The quantitative estimate of drug-likeness (QED) is 0.583. The highest BCUT2D eigenvalue weighted by atomic mass is 79.9. The van der Waals surface area contributed by atoms with Crippen LogP contribution in [0.5, 0.6) is 0 Å². The molecule has 6 heteroatoms. The van der Waals surface area contributed by atoms with Crippen LogP contribution in [0.2, 0.25) is 0 Å². The van der Waals surface area contributed by atoms with Gasteiger partial charge in [-0.1, -0.05) is 40.2 Å². The summed E-state index contributed by atoms with van der Waals surface area (Å²) >= 11 is 3.37. The first-order valence-electron chi connectivity index (χ1n) is 7.54. The zero-order valence-corrected chi connectivity index (χ0v) is 15.1. The van der Waals surface area contributed by atoms with E-state index in [0.29, 0.717) is 5.56 Å².